The number of nitrogens with two attached hydrogens (primary N) is 2. The van der Waals surface area contributed by atoms with Gasteiger partial charge in [0, 0.05) is 12.1 Å². The summed E-state index contributed by atoms with van der Waals surface area (Å²) in [6, 6.07) is 2.30. The first-order chi connectivity index (χ1) is 8.36. The van der Waals surface area contributed by atoms with E-state index in [1.807, 2.05) is 0 Å². The second-order valence-electron chi connectivity index (χ2n) is 2.91. The van der Waals surface area contributed by atoms with Gasteiger partial charge in [-0.05, 0) is 0 Å². The Morgan fingerprint density at radius 1 is 0.895 bits per heavy atom. The van der Waals surface area contributed by atoms with Crippen molar-refractivity contribution in [3.63, 3.8) is 0 Å². The van der Waals surface area contributed by atoms with Gasteiger partial charge in [-0.1, -0.05) is 23.2 Å². The van der Waals surface area contributed by atoms with Crippen LogP contribution in [0.2, 0.25) is 10.3 Å². The predicted molar refractivity (Wildman–Crippen MR) is 72.2 cm³/mol. The van der Waals surface area contributed by atoms with Crippen molar-refractivity contribution in [1.29, 1.82) is 0 Å². The fraction of sp³-hybridized carbons (Fsp3) is 0. The van der Waals surface area contributed by atoms with Gasteiger partial charge in [-0.15, -0.1) is 0 Å². The van der Waals surface area contributed by atoms with Crippen molar-refractivity contribution in [3.05, 3.63) is 43.1 Å². The molecular formula is C8H10Cl2N6O3. The summed E-state index contributed by atoms with van der Waals surface area (Å²) in [4.78, 5) is 32.4. The van der Waals surface area contributed by atoms with Crippen LogP contribution in [0.3, 0.4) is 0 Å². The van der Waals surface area contributed by atoms with Crippen LogP contribution in [0.25, 0.3) is 0 Å². The zero-order valence-electron chi connectivity index (χ0n) is 9.28. The molecule has 2 heterocycles. The van der Waals surface area contributed by atoms with Crippen molar-refractivity contribution >= 4 is 35.1 Å². The van der Waals surface area contributed by atoms with Gasteiger partial charge in [0.05, 0.1) is 0 Å². The third-order valence-corrected chi connectivity index (χ3v) is 1.84. The molecule has 0 aliphatic rings. The molecule has 8 N–H and O–H groups in total. The lowest BCUT2D eigenvalue weighted by atomic mass is 10.6. The molecule has 104 valence electrons. The van der Waals surface area contributed by atoms with Gasteiger partial charge < -0.3 is 16.9 Å². The lowest BCUT2D eigenvalue weighted by Crippen LogP contribution is -2.08. The Labute approximate surface area is 115 Å². The van der Waals surface area contributed by atoms with E-state index in [1.54, 1.807) is 0 Å². The summed E-state index contributed by atoms with van der Waals surface area (Å²) in [6.45, 7) is 0. The minimum absolute atomic E-state index is 0. The monoisotopic (exact) mass is 308 g/mol. The summed E-state index contributed by atoms with van der Waals surface area (Å²) in [6.07, 6.45) is 0. The zero-order chi connectivity index (χ0) is 13.7. The van der Waals surface area contributed by atoms with E-state index >= 15 is 0 Å². The van der Waals surface area contributed by atoms with Crippen molar-refractivity contribution in [3.8, 4) is 0 Å². The number of hydrogen-bond acceptors (Lipinski definition) is 6. The predicted octanol–water partition coefficient (Wildman–Crippen LogP) is -0.814. The van der Waals surface area contributed by atoms with Gasteiger partial charge in [0.1, 0.15) is 10.3 Å². The largest absolute Gasteiger partial charge is 0.412 e. The number of anilines is 2. The quantitative estimate of drug-likeness (QED) is 0.462. The van der Waals surface area contributed by atoms with Crippen LogP contribution in [0.15, 0.2) is 21.7 Å². The average Bonchev–Trinajstić information content (AvgIpc) is 2.12. The van der Waals surface area contributed by atoms with Gasteiger partial charge >= 0.3 is 0 Å². The van der Waals surface area contributed by atoms with Crippen molar-refractivity contribution < 1.29 is 5.48 Å². The van der Waals surface area contributed by atoms with Crippen LogP contribution in [-0.4, -0.2) is 25.4 Å². The Morgan fingerprint density at radius 3 is 1.42 bits per heavy atom. The first-order valence-corrected chi connectivity index (χ1v) is 5.17. The molecule has 0 spiro atoms. The first kappa shape index (κ1) is 16.9. The summed E-state index contributed by atoms with van der Waals surface area (Å²) in [5.74, 6) is 0.0694. The van der Waals surface area contributed by atoms with Crippen LogP contribution in [0.5, 0.6) is 0 Å². The Balaban J connectivity index is 0.000000324. The summed E-state index contributed by atoms with van der Waals surface area (Å²) < 4.78 is 0. The van der Waals surface area contributed by atoms with E-state index in [0.717, 1.165) is 12.1 Å². The maximum atomic E-state index is 10.5. The Bertz CT molecular complexity index is 551. The Morgan fingerprint density at radius 2 is 1.21 bits per heavy atom. The molecule has 2 aromatic heterocycles. The SMILES string of the molecule is Nc1nc(Cl)cc(=O)[nH]1.Nc1nc(Cl)cc(=O)[nH]1.O. The molecule has 0 atom stereocenters. The van der Waals surface area contributed by atoms with E-state index in [1.165, 1.54) is 0 Å². The van der Waals surface area contributed by atoms with Gasteiger partial charge in [-0.25, -0.2) is 9.97 Å². The summed E-state index contributed by atoms with van der Waals surface area (Å²) >= 11 is 10.7. The molecule has 9 nitrogen and oxygen atoms in total. The number of hydrogen-bond donors (Lipinski definition) is 4. The molecule has 0 fully saturated rings. The van der Waals surface area contributed by atoms with Crippen molar-refractivity contribution in [2.24, 2.45) is 0 Å². The van der Waals surface area contributed by atoms with Gasteiger partial charge in [0.15, 0.2) is 0 Å². The van der Waals surface area contributed by atoms with Crippen molar-refractivity contribution in [2.45, 2.75) is 0 Å². The highest BCUT2D eigenvalue weighted by atomic mass is 35.5. The van der Waals surface area contributed by atoms with Gasteiger partial charge in [-0.3, -0.25) is 19.6 Å². The second kappa shape index (κ2) is 7.36. The van der Waals surface area contributed by atoms with Crippen molar-refractivity contribution in [1.82, 2.24) is 19.9 Å². The van der Waals surface area contributed by atoms with Crippen LogP contribution < -0.4 is 22.6 Å². The van der Waals surface area contributed by atoms with Gasteiger partial charge in [0.2, 0.25) is 11.9 Å². The van der Waals surface area contributed by atoms with Crippen LogP contribution in [0.1, 0.15) is 0 Å². The van der Waals surface area contributed by atoms with Crippen LogP contribution in [0.4, 0.5) is 11.9 Å². The molecule has 0 unspecified atom stereocenters. The Hall–Kier alpha value is -2.10. The number of nitrogens with zero attached hydrogens (tertiary/aromatic N) is 2. The van der Waals surface area contributed by atoms with E-state index in [0.29, 0.717) is 0 Å². The van der Waals surface area contributed by atoms with Crippen LogP contribution in [0, 0.1) is 0 Å². The topological polar surface area (TPSA) is 175 Å². The molecule has 0 amide bonds. The molecule has 19 heavy (non-hydrogen) atoms. The summed E-state index contributed by atoms with van der Waals surface area (Å²) in [5.41, 5.74) is 9.54. The molecule has 0 aliphatic heterocycles. The molecule has 0 aliphatic carbocycles. The first-order valence-electron chi connectivity index (χ1n) is 4.41. The maximum Gasteiger partial charge on any atom is 0.253 e. The van der Waals surface area contributed by atoms with Gasteiger partial charge in [-0.2, -0.15) is 0 Å². The molecule has 0 radical (unpaired) electrons. The fourth-order valence-corrected chi connectivity index (χ4v) is 1.27. The molecule has 2 aromatic rings. The fourth-order valence-electron chi connectivity index (χ4n) is 0.892. The third-order valence-electron chi connectivity index (χ3n) is 1.46. The Kier molecular flexibility index (Phi) is 6.55. The zero-order valence-corrected chi connectivity index (χ0v) is 10.8. The third kappa shape index (κ3) is 6.41. The number of nitrogens with one attached hydrogen (secondary N) is 2. The molecule has 0 saturated heterocycles. The average molecular weight is 309 g/mol. The maximum absolute atomic E-state index is 10.5. The molecule has 11 heteroatoms. The van der Waals surface area contributed by atoms with E-state index < -0.39 is 0 Å². The van der Waals surface area contributed by atoms with Crippen molar-refractivity contribution in [2.75, 3.05) is 11.5 Å². The number of nitrogen functional groups attached to an aromatic ring is 2. The molecule has 0 bridgehead atoms. The highest BCUT2D eigenvalue weighted by Gasteiger charge is 1.91. The number of rotatable bonds is 0. The lowest BCUT2D eigenvalue weighted by Gasteiger charge is -1.89. The molecule has 2 rings (SSSR count). The van der Waals surface area contributed by atoms with E-state index in [4.69, 9.17) is 34.7 Å². The van der Waals surface area contributed by atoms with E-state index in [-0.39, 0.29) is 38.8 Å². The van der Waals surface area contributed by atoms with Crippen LogP contribution in [-0.2, 0) is 0 Å². The minimum Gasteiger partial charge on any atom is -0.412 e. The summed E-state index contributed by atoms with van der Waals surface area (Å²) in [7, 11) is 0. The van der Waals surface area contributed by atoms with Crippen LogP contribution >= 0.6 is 23.2 Å². The standard InChI is InChI=1S/2C4H4ClN3O.H2O/c2*5-2-1-3(9)8-4(6)7-2;/h2*1H,(H3,6,7,8,9);1H2. The normalized spacial score (nSPS) is 8.95. The lowest BCUT2D eigenvalue weighted by molar-refractivity contribution is 0.824. The number of H-pyrrole nitrogens is 2. The molecular weight excluding hydrogens is 299 g/mol. The van der Waals surface area contributed by atoms with E-state index in [2.05, 4.69) is 19.9 Å². The number of halogens is 2. The highest BCUT2D eigenvalue weighted by Crippen LogP contribution is 1.98. The minimum atomic E-state index is -0.340. The second-order valence-corrected chi connectivity index (χ2v) is 3.68. The highest BCUT2D eigenvalue weighted by molar-refractivity contribution is 6.29. The molecule has 0 saturated carbocycles. The van der Waals surface area contributed by atoms with E-state index in [9.17, 15) is 9.59 Å². The smallest absolute Gasteiger partial charge is 0.253 e. The number of aromatic nitrogens is 4. The summed E-state index contributed by atoms with van der Waals surface area (Å²) in [5, 5.41) is 0.215. The number of aromatic amines is 2. The van der Waals surface area contributed by atoms with Gasteiger partial charge in [0.25, 0.3) is 11.1 Å². The molecule has 0 aromatic carbocycles.